The first kappa shape index (κ1) is 15.7. The van der Waals surface area contributed by atoms with Gasteiger partial charge in [0.05, 0.1) is 0 Å². The summed E-state index contributed by atoms with van der Waals surface area (Å²) in [5, 5.41) is 11.3. The summed E-state index contributed by atoms with van der Waals surface area (Å²) >= 11 is 0. The maximum absolute atomic E-state index is 12.8. The highest BCUT2D eigenvalue weighted by atomic mass is 19.3. The minimum atomic E-state index is -2.79. The molecule has 2 aliphatic rings. The summed E-state index contributed by atoms with van der Waals surface area (Å²) < 4.78 is 25.5. The third-order valence-corrected chi connectivity index (χ3v) is 3.88. The van der Waals surface area contributed by atoms with Crippen LogP contribution in [0.4, 0.5) is 8.78 Å². The predicted molar refractivity (Wildman–Crippen MR) is 67.7 cm³/mol. The number of carboxylic acids is 1. The number of hydrogen-bond acceptors (Lipinski definition) is 3. The van der Waals surface area contributed by atoms with Gasteiger partial charge in [-0.25, -0.2) is 8.78 Å². The van der Waals surface area contributed by atoms with Gasteiger partial charge in [-0.3, -0.25) is 14.4 Å². The summed E-state index contributed by atoms with van der Waals surface area (Å²) in [6.07, 6.45) is 0.765. The number of carboxylic acid groups (broad SMARTS) is 1. The lowest BCUT2D eigenvalue weighted by Gasteiger charge is -2.34. The molecule has 0 spiro atoms. The molecule has 2 fully saturated rings. The highest BCUT2D eigenvalue weighted by Gasteiger charge is 2.49. The number of halogens is 2. The van der Waals surface area contributed by atoms with Gasteiger partial charge in [-0.1, -0.05) is 0 Å². The van der Waals surface area contributed by atoms with E-state index < -0.39 is 55.1 Å². The van der Waals surface area contributed by atoms with Gasteiger partial charge in [-0.15, -0.1) is 0 Å². The second kappa shape index (κ2) is 5.95. The molecule has 0 aromatic rings. The third kappa shape index (κ3) is 3.89. The molecule has 2 amide bonds. The number of carbonyl (C=O) groups is 3. The van der Waals surface area contributed by atoms with Crippen molar-refractivity contribution < 1.29 is 28.3 Å². The van der Waals surface area contributed by atoms with E-state index in [9.17, 15) is 23.2 Å². The van der Waals surface area contributed by atoms with Crippen molar-refractivity contribution in [2.75, 3.05) is 13.1 Å². The first-order chi connectivity index (χ1) is 9.78. The van der Waals surface area contributed by atoms with E-state index in [4.69, 9.17) is 5.11 Å². The Kier molecular flexibility index (Phi) is 4.43. The fourth-order valence-electron chi connectivity index (χ4n) is 2.70. The molecule has 0 bridgehead atoms. The van der Waals surface area contributed by atoms with Gasteiger partial charge in [-0.05, 0) is 19.3 Å². The van der Waals surface area contributed by atoms with Gasteiger partial charge in [0.1, 0.15) is 12.6 Å². The molecule has 2 N–H and O–H groups in total. The minimum Gasteiger partial charge on any atom is -0.480 e. The average Bonchev–Trinajstić information content (AvgIpc) is 2.50. The first-order valence-corrected chi connectivity index (χ1v) is 6.97. The molecule has 1 atom stereocenters. The standard InChI is InChI=1S/C13H18F2N2O4/c14-13(15)5-8(6-13)11(20)16-9-3-1-2-4-17(12(9)21)7-10(18)19/h8-9H,1-7H2,(H,16,20)(H,18,19). The van der Waals surface area contributed by atoms with E-state index in [1.54, 1.807) is 0 Å². The van der Waals surface area contributed by atoms with E-state index >= 15 is 0 Å². The van der Waals surface area contributed by atoms with E-state index in [-0.39, 0.29) is 0 Å². The molecule has 0 radical (unpaired) electrons. The van der Waals surface area contributed by atoms with Crippen LogP contribution in [0.25, 0.3) is 0 Å². The Balaban J connectivity index is 1.93. The minimum absolute atomic E-state index is 0.332. The summed E-state index contributed by atoms with van der Waals surface area (Å²) in [6.45, 7) is -0.0777. The third-order valence-electron chi connectivity index (χ3n) is 3.88. The zero-order valence-electron chi connectivity index (χ0n) is 11.5. The number of carbonyl (C=O) groups excluding carboxylic acids is 2. The monoisotopic (exact) mass is 304 g/mol. The number of alkyl halides is 2. The lowest BCUT2D eigenvalue weighted by molar-refractivity contribution is -0.153. The van der Waals surface area contributed by atoms with Gasteiger partial charge in [0.15, 0.2) is 0 Å². The first-order valence-electron chi connectivity index (χ1n) is 6.97. The van der Waals surface area contributed by atoms with Crippen molar-refractivity contribution in [2.24, 2.45) is 5.92 Å². The number of likely N-dealkylation sites (tertiary alicyclic amines) is 1. The van der Waals surface area contributed by atoms with Crippen molar-refractivity contribution in [3.05, 3.63) is 0 Å². The Morgan fingerprint density at radius 1 is 1.33 bits per heavy atom. The highest BCUT2D eigenvalue weighted by molar-refractivity contribution is 5.90. The fraction of sp³-hybridized carbons (Fsp3) is 0.769. The van der Waals surface area contributed by atoms with Crippen LogP contribution in [-0.4, -0.2) is 52.8 Å². The lowest BCUT2D eigenvalue weighted by atomic mass is 9.80. The van der Waals surface area contributed by atoms with Crippen LogP contribution in [0.5, 0.6) is 0 Å². The van der Waals surface area contributed by atoms with Crippen LogP contribution in [0, 0.1) is 5.92 Å². The van der Waals surface area contributed by atoms with E-state index in [0.717, 1.165) is 0 Å². The van der Waals surface area contributed by atoms with Gasteiger partial charge in [-0.2, -0.15) is 0 Å². The fourth-order valence-corrected chi connectivity index (χ4v) is 2.70. The van der Waals surface area contributed by atoms with Crippen LogP contribution in [0.3, 0.4) is 0 Å². The average molecular weight is 304 g/mol. The summed E-state index contributed by atoms with van der Waals surface area (Å²) in [6, 6.07) is -0.812. The molecule has 0 aromatic heterocycles. The Morgan fingerprint density at radius 2 is 2.00 bits per heavy atom. The molecule has 0 aromatic carbocycles. The van der Waals surface area contributed by atoms with Gasteiger partial charge < -0.3 is 15.3 Å². The van der Waals surface area contributed by atoms with Crippen LogP contribution >= 0.6 is 0 Å². The maximum Gasteiger partial charge on any atom is 0.323 e. The zero-order chi connectivity index (χ0) is 15.6. The summed E-state index contributed by atoms with van der Waals surface area (Å²) in [5.74, 6) is -5.66. The van der Waals surface area contributed by atoms with Crippen LogP contribution in [-0.2, 0) is 14.4 Å². The number of amides is 2. The van der Waals surface area contributed by atoms with Crippen LogP contribution in [0.2, 0.25) is 0 Å². The van der Waals surface area contributed by atoms with Crippen molar-refractivity contribution in [1.29, 1.82) is 0 Å². The molecular weight excluding hydrogens is 286 g/mol. The summed E-state index contributed by atoms with van der Waals surface area (Å²) in [4.78, 5) is 35.9. The second-order valence-electron chi connectivity index (χ2n) is 5.67. The predicted octanol–water partition coefficient (Wildman–Crippen LogP) is 0.614. The molecule has 21 heavy (non-hydrogen) atoms. The number of nitrogens with zero attached hydrogens (tertiary/aromatic N) is 1. The van der Waals surface area contributed by atoms with E-state index in [2.05, 4.69) is 5.32 Å². The number of aliphatic carboxylic acids is 1. The molecule has 8 heteroatoms. The van der Waals surface area contributed by atoms with Gasteiger partial charge >= 0.3 is 5.97 Å². The Hall–Kier alpha value is -1.73. The maximum atomic E-state index is 12.8. The van der Waals surface area contributed by atoms with E-state index in [1.807, 2.05) is 0 Å². The van der Waals surface area contributed by atoms with Crippen molar-refractivity contribution in [3.8, 4) is 0 Å². The van der Waals surface area contributed by atoms with Gasteiger partial charge in [0, 0.05) is 25.3 Å². The zero-order valence-corrected chi connectivity index (χ0v) is 11.5. The molecule has 1 saturated carbocycles. The molecule has 1 aliphatic heterocycles. The molecule has 1 unspecified atom stereocenters. The molecule has 2 rings (SSSR count). The quantitative estimate of drug-likeness (QED) is 0.797. The topological polar surface area (TPSA) is 86.7 Å². The van der Waals surface area contributed by atoms with Gasteiger partial charge in [0.25, 0.3) is 0 Å². The van der Waals surface area contributed by atoms with E-state index in [0.29, 0.717) is 25.8 Å². The highest BCUT2D eigenvalue weighted by Crippen LogP contribution is 2.42. The smallest absolute Gasteiger partial charge is 0.323 e. The summed E-state index contributed by atoms with van der Waals surface area (Å²) in [7, 11) is 0. The van der Waals surface area contributed by atoms with Crippen molar-refractivity contribution >= 4 is 17.8 Å². The molecule has 1 saturated heterocycles. The Morgan fingerprint density at radius 3 is 2.57 bits per heavy atom. The normalized spacial score (nSPS) is 25.9. The molecule has 6 nitrogen and oxygen atoms in total. The largest absolute Gasteiger partial charge is 0.480 e. The number of hydrogen-bond donors (Lipinski definition) is 2. The van der Waals surface area contributed by atoms with Crippen molar-refractivity contribution in [3.63, 3.8) is 0 Å². The van der Waals surface area contributed by atoms with Crippen LogP contribution in [0.15, 0.2) is 0 Å². The van der Waals surface area contributed by atoms with Crippen molar-refractivity contribution in [1.82, 2.24) is 10.2 Å². The Bertz CT molecular complexity index is 447. The van der Waals surface area contributed by atoms with Crippen LogP contribution < -0.4 is 5.32 Å². The second-order valence-corrected chi connectivity index (χ2v) is 5.67. The molecule has 118 valence electrons. The van der Waals surface area contributed by atoms with Gasteiger partial charge in [0.2, 0.25) is 17.7 Å². The molecular formula is C13H18F2N2O4. The molecule has 1 aliphatic carbocycles. The number of nitrogens with one attached hydrogen (secondary N) is 1. The van der Waals surface area contributed by atoms with Crippen LogP contribution in [0.1, 0.15) is 32.1 Å². The summed E-state index contributed by atoms with van der Waals surface area (Å²) in [5.41, 5.74) is 0. The molecule has 1 heterocycles. The number of rotatable bonds is 4. The van der Waals surface area contributed by atoms with E-state index in [1.165, 1.54) is 4.90 Å². The lowest BCUT2D eigenvalue weighted by Crippen LogP contribution is -2.53. The Labute approximate surface area is 120 Å². The SMILES string of the molecule is O=C(O)CN1CCCCC(NC(=O)C2CC(F)(F)C2)C1=O. The van der Waals surface area contributed by atoms with Crippen molar-refractivity contribution in [2.45, 2.75) is 44.1 Å².